The van der Waals surface area contributed by atoms with Gasteiger partial charge in [-0.2, -0.15) is 0 Å². The van der Waals surface area contributed by atoms with Crippen LogP contribution in [-0.4, -0.2) is 29.1 Å². The van der Waals surface area contributed by atoms with Crippen molar-refractivity contribution in [3.63, 3.8) is 0 Å². The molecule has 1 saturated heterocycles. The minimum Gasteiger partial charge on any atom is -0.353 e. The molecular formula is C15H18N4O. The number of piperidine rings is 1. The van der Waals surface area contributed by atoms with Crippen LogP contribution in [0.3, 0.4) is 0 Å². The maximum atomic E-state index is 11.8. The van der Waals surface area contributed by atoms with Crippen LogP contribution >= 0.6 is 0 Å². The average Bonchev–Trinajstić information content (AvgIpc) is 2.49. The van der Waals surface area contributed by atoms with Crippen LogP contribution in [0.15, 0.2) is 41.2 Å². The first kappa shape index (κ1) is 12.9. The first-order valence-electron chi connectivity index (χ1n) is 6.95. The Morgan fingerprint density at radius 2 is 1.90 bits per heavy atom. The molecule has 0 saturated carbocycles. The van der Waals surface area contributed by atoms with Gasteiger partial charge in [-0.1, -0.05) is 30.3 Å². The zero-order chi connectivity index (χ0) is 13.8. The standard InChI is InChI=1S/C15H18N4O/c20-14-10-13(11-4-2-1-3-5-11)18-15(19-14)17-12-6-8-16-9-7-12/h1-5,10,12,16H,6-9H2,(H2,17,18,19,20). The van der Waals surface area contributed by atoms with E-state index in [-0.39, 0.29) is 5.56 Å². The van der Waals surface area contributed by atoms with Crippen molar-refractivity contribution in [2.45, 2.75) is 18.9 Å². The average molecular weight is 270 g/mol. The molecular weight excluding hydrogens is 252 g/mol. The minimum atomic E-state index is -0.129. The Morgan fingerprint density at radius 1 is 1.15 bits per heavy atom. The number of aromatic amines is 1. The maximum absolute atomic E-state index is 11.8. The van der Waals surface area contributed by atoms with Gasteiger partial charge in [-0.05, 0) is 25.9 Å². The van der Waals surface area contributed by atoms with E-state index in [2.05, 4.69) is 20.6 Å². The third-order valence-electron chi connectivity index (χ3n) is 3.49. The number of rotatable bonds is 3. The number of nitrogens with one attached hydrogen (secondary N) is 3. The van der Waals surface area contributed by atoms with Crippen LogP contribution in [0, 0.1) is 0 Å². The Bertz CT molecular complexity index is 617. The van der Waals surface area contributed by atoms with E-state index in [9.17, 15) is 4.79 Å². The van der Waals surface area contributed by atoms with Crippen LogP contribution in [0.4, 0.5) is 5.95 Å². The van der Waals surface area contributed by atoms with Crippen molar-refractivity contribution in [1.82, 2.24) is 15.3 Å². The molecule has 0 amide bonds. The van der Waals surface area contributed by atoms with Crippen molar-refractivity contribution >= 4 is 5.95 Å². The number of nitrogens with zero attached hydrogens (tertiary/aromatic N) is 1. The molecule has 0 bridgehead atoms. The van der Waals surface area contributed by atoms with E-state index in [1.165, 1.54) is 6.07 Å². The van der Waals surface area contributed by atoms with Crippen LogP contribution in [0.25, 0.3) is 11.3 Å². The van der Waals surface area contributed by atoms with Gasteiger partial charge < -0.3 is 10.6 Å². The Labute approximate surface area is 117 Å². The fraction of sp³-hybridized carbons (Fsp3) is 0.333. The molecule has 0 radical (unpaired) electrons. The van der Waals surface area contributed by atoms with Crippen molar-refractivity contribution in [3.8, 4) is 11.3 Å². The molecule has 0 aliphatic carbocycles. The van der Waals surface area contributed by atoms with Crippen molar-refractivity contribution in [3.05, 3.63) is 46.8 Å². The van der Waals surface area contributed by atoms with Crippen LogP contribution < -0.4 is 16.2 Å². The van der Waals surface area contributed by atoms with Crippen molar-refractivity contribution in [2.75, 3.05) is 18.4 Å². The molecule has 0 atom stereocenters. The van der Waals surface area contributed by atoms with Gasteiger partial charge in [-0.15, -0.1) is 0 Å². The molecule has 0 unspecified atom stereocenters. The Kier molecular flexibility index (Phi) is 3.78. The van der Waals surface area contributed by atoms with E-state index >= 15 is 0 Å². The SMILES string of the molecule is O=c1cc(-c2ccccc2)nc(NC2CCNCC2)[nH]1. The molecule has 2 heterocycles. The van der Waals surface area contributed by atoms with Gasteiger partial charge >= 0.3 is 0 Å². The summed E-state index contributed by atoms with van der Waals surface area (Å²) in [6, 6.07) is 11.6. The van der Waals surface area contributed by atoms with Crippen LogP contribution in [0.2, 0.25) is 0 Å². The Hall–Kier alpha value is -2.14. The monoisotopic (exact) mass is 270 g/mol. The lowest BCUT2D eigenvalue weighted by atomic mass is 10.1. The largest absolute Gasteiger partial charge is 0.353 e. The highest BCUT2D eigenvalue weighted by Gasteiger charge is 2.14. The van der Waals surface area contributed by atoms with E-state index < -0.39 is 0 Å². The highest BCUT2D eigenvalue weighted by molar-refractivity contribution is 5.59. The summed E-state index contributed by atoms with van der Waals surface area (Å²) in [7, 11) is 0. The first-order chi connectivity index (χ1) is 9.81. The molecule has 1 aliphatic rings. The lowest BCUT2D eigenvalue weighted by Gasteiger charge is -2.23. The Morgan fingerprint density at radius 3 is 2.65 bits per heavy atom. The molecule has 3 rings (SSSR count). The molecule has 1 fully saturated rings. The topological polar surface area (TPSA) is 69.8 Å². The summed E-state index contributed by atoms with van der Waals surface area (Å²) in [5.41, 5.74) is 1.52. The molecule has 1 aromatic carbocycles. The van der Waals surface area contributed by atoms with E-state index in [0.29, 0.717) is 17.7 Å². The summed E-state index contributed by atoms with van der Waals surface area (Å²) in [6.45, 7) is 2.00. The lowest BCUT2D eigenvalue weighted by Crippen LogP contribution is -2.36. The number of H-pyrrole nitrogens is 1. The smallest absolute Gasteiger partial charge is 0.252 e. The third kappa shape index (κ3) is 3.05. The fourth-order valence-corrected chi connectivity index (χ4v) is 2.44. The molecule has 2 aromatic rings. The van der Waals surface area contributed by atoms with Crippen molar-refractivity contribution in [2.24, 2.45) is 0 Å². The van der Waals surface area contributed by atoms with Crippen LogP contribution in [-0.2, 0) is 0 Å². The predicted molar refractivity (Wildman–Crippen MR) is 79.8 cm³/mol. The second kappa shape index (κ2) is 5.88. The quantitative estimate of drug-likeness (QED) is 0.792. The second-order valence-corrected chi connectivity index (χ2v) is 5.01. The number of hydrogen-bond acceptors (Lipinski definition) is 4. The number of anilines is 1. The number of hydrogen-bond donors (Lipinski definition) is 3. The van der Waals surface area contributed by atoms with Gasteiger partial charge in [-0.25, -0.2) is 4.98 Å². The first-order valence-corrected chi connectivity index (χ1v) is 6.95. The molecule has 1 aromatic heterocycles. The van der Waals surface area contributed by atoms with E-state index in [1.54, 1.807) is 0 Å². The summed E-state index contributed by atoms with van der Waals surface area (Å²) < 4.78 is 0. The molecule has 104 valence electrons. The van der Waals surface area contributed by atoms with E-state index in [0.717, 1.165) is 31.5 Å². The molecule has 5 heteroatoms. The third-order valence-corrected chi connectivity index (χ3v) is 3.49. The van der Waals surface area contributed by atoms with Gasteiger partial charge in [-0.3, -0.25) is 9.78 Å². The molecule has 1 aliphatic heterocycles. The number of benzene rings is 1. The normalized spacial score (nSPS) is 16.0. The highest BCUT2D eigenvalue weighted by Crippen LogP contribution is 2.16. The van der Waals surface area contributed by atoms with E-state index in [1.807, 2.05) is 30.3 Å². The zero-order valence-electron chi connectivity index (χ0n) is 11.2. The fourth-order valence-electron chi connectivity index (χ4n) is 2.44. The molecule has 20 heavy (non-hydrogen) atoms. The molecule has 3 N–H and O–H groups in total. The zero-order valence-corrected chi connectivity index (χ0v) is 11.2. The van der Waals surface area contributed by atoms with Gasteiger partial charge in [0.25, 0.3) is 5.56 Å². The predicted octanol–water partition coefficient (Wildman–Crippen LogP) is 1.60. The molecule has 0 spiro atoms. The minimum absolute atomic E-state index is 0.129. The van der Waals surface area contributed by atoms with Crippen LogP contribution in [0.1, 0.15) is 12.8 Å². The van der Waals surface area contributed by atoms with Gasteiger partial charge in [0.05, 0.1) is 5.69 Å². The van der Waals surface area contributed by atoms with Gasteiger partial charge in [0, 0.05) is 17.7 Å². The van der Waals surface area contributed by atoms with Gasteiger partial charge in [0.1, 0.15) is 0 Å². The van der Waals surface area contributed by atoms with E-state index in [4.69, 9.17) is 0 Å². The number of aromatic nitrogens is 2. The lowest BCUT2D eigenvalue weighted by molar-refractivity contribution is 0.477. The Balaban J connectivity index is 1.85. The van der Waals surface area contributed by atoms with Gasteiger partial charge in [0.15, 0.2) is 0 Å². The van der Waals surface area contributed by atoms with Crippen LogP contribution in [0.5, 0.6) is 0 Å². The summed E-state index contributed by atoms with van der Waals surface area (Å²) in [4.78, 5) is 19.1. The second-order valence-electron chi connectivity index (χ2n) is 5.01. The van der Waals surface area contributed by atoms with Crippen molar-refractivity contribution < 1.29 is 0 Å². The van der Waals surface area contributed by atoms with Gasteiger partial charge in [0.2, 0.25) is 5.95 Å². The van der Waals surface area contributed by atoms with Crippen molar-refractivity contribution in [1.29, 1.82) is 0 Å². The summed E-state index contributed by atoms with van der Waals surface area (Å²) >= 11 is 0. The molecule has 5 nitrogen and oxygen atoms in total. The summed E-state index contributed by atoms with van der Waals surface area (Å²) in [5.74, 6) is 0.559. The summed E-state index contributed by atoms with van der Waals surface area (Å²) in [5, 5.41) is 6.64. The highest BCUT2D eigenvalue weighted by atomic mass is 16.1. The maximum Gasteiger partial charge on any atom is 0.252 e. The summed E-state index contributed by atoms with van der Waals surface area (Å²) in [6.07, 6.45) is 2.08.